The second-order valence-electron chi connectivity index (χ2n) is 4.51. The van der Waals surface area contributed by atoms with Crippen molar-refractivity contribution in [2.45, 2.75) is 18.2 Å². The summed E-state index contributed by atoms with van der Waals surface area (Å²) >= 11 is 0. The van der Waals surface area contributed by atoms with E-state index in [-0.39, 0.29) is 6.42 Å². The average molecular weight is 263 g/mol. The van der Waals surface area contributed by atoms with E-state index >= 15 is 0 Å². The van der Waals surface area contributed by atoms with Gasteiger partial charge in [0.2, 0.25) is 0 Å². The van der Waals surface area contributed by atoms with Gasteiger partial charge in [-0.05, 0) is 23.8 Å². The standard InChI is InChI=1S/C12H13F4NO/c1-18-11(6-17-7-11)5-8-2-9(12(14,15)16)4-10(13)3-8/h2-4,17H,5-7H2,1H3. The van der Waals surface area contributed by atoms with Gasteiger partial charge in [-0.15, -0.1) is 0 Å². The van der Waals surface area contributed by atoms with E-state index in [2.05, 4.69) is 5.32 Å². The summed E-state index contributed by atoms with van der Waals surface area (Å²) < 4.78 is 56.1. The van der Waals surface area contributed by atoms with Crippen LogP contribution in [-0.2, 0) is 17.3 Å². The lowest BCUT2D eigenvalue weighted by Crippen LogP contribution is -2.61. The topological polar surface area (TPSA) is 21.3 Å². The van der Waals surface area contributed by atoms with Gasteiger partial charge in [0.1, 0.15) is 5.82 Å². The second kappa shape index (κ2) is 4.51. The van der Waals surface area contributed by atoms with E-state index < -0.39 is 23.2 Å². The monoisotopic (exact) mass is 263 g/mol. The van der Waals surface area contributed by atoms with Gasteiger partial charge in [-0.3, -0.25) is 0 Å². The molecule has 2 nitrogen and oxygen atoms in total. The molecule has 1 saturated heterocycles. The predicted molar refractivity (Wildman–Crippen MR) is 57.7 cm³/mol. The third kappa shape index (κ3) is 2.64. The fourth-order valence-electron chi connectivity index (χ4n) is 2.03. The Bertz CT molecular complexity index is 435. The molecule has 18 heavy (non-hydrogen) atoms. The van der Waals surface area contributed by atoms with Gasteiger partial charge in [0, 0.05) is 26.6 Å². The van der Waals surface area contributed by atoms with E-state index in [4.69, 9.17) is 4.74 Å². The van der Waals surface area contributed by atoms with Crippen LogP contribution < -0.4 is 5.32 Å². The predicted octanol–water partition coefficient (Wildman–Crippen LogP) is 2.38. The molecule has 0 saturated carbocycles. The van der Waals surface area contributed by atoms with Crippen molar-refractivity contribution in [3.63, 3.8) is 0 Å². The number of rotatable bonds is 3. The zero-order valence-corrected chi connectivity index (χ0v) is 9.77. The van der Waals surface area contributed by atoms with Crippen molar-refractivity contribution in [1.82, 2.24) is 5.32 Å². The zero-order valence-electron chi connectivity index (χ0n) is 9.77. The van der Waals surface area contributed by atoms with E-state index in [9.17, 15) is 17.6 Å². The molecule has 1 fully saturated rings. The first-order valence-electron chi connectivity index (χ1n) is 5.47. The van der Waals surface area contributed by atoms with Crippen LogP contribution in [0.4, 0.5) is 17.6 Å². The molecule has 0 spiro atoms. The largest absolute Gasteiger partial charge is 0.416 e. The maximum absolute atomic E-state index is 13.2. The van der Waals surface area contributed by atoms with Crippen LogP contribution in [-0.4, -0.2) is 25.8 Å². The van der Waals surface area contributed by atoms with Gasteiger partial charge < -0.3 is 10.1 Å². The summed E-state index contributed by atoms with van der Waals surface area (Å²) in [6.07, 6.45) is -4.27. The molecule has 1 aliphatic heterocycles. The Morgan fingerprint density at radius 3 is 2.39 bits per heavy atom. The Morgan fingerprint density at radius 2 is 1.94 bits per heavy atom. The van der Waals surface area contributed by atoms with Crippen molar-refractivity contribution in [1.29, 1.82) is 0 Å². The summed E-state index contributed by atoms with van der Waals surface area (Å²) in [7, 11) is 1.50. The van der Waals surface area contributed by atoms with Gasteiger partial charge in [-0.2, -0.15) is 13.2 Å². The summed E-state index contributed by atoms with van der Waals surface area (Å²) in [5, 5.41) is 2.99. The summed E-state index contributed by atoms with van der Waals surface area (Å²) in [5.41, 5.74) is -1.18. The minimum absolute atomic E-state index is 0.261. The van der Waals surface area contributed by atoms with Crippen LogP contribution in [0.3, 0.4) is 0 Å². The Labute approximate surface area is 102 Å². The highest BCUT2D eigenvalue weighted by atomic mass is 19.4. The van der Waals surface area contributed by atoms with Crippen LogP contribution in [0.25, 0.3) is 0 Å². The molecule has 1 aromatic rings. The van der Waals surface area contributed by atoms with E-state index in [1.54, 1.807) is 0 Å². The molecule has 0 amide bonds. The molecule has 1 aromatic carbocycles. The van der Waals surface area contributed by atoms with Crippen molar-refractivity contribution in [3.8, 4) is 0 Å². The number of nitrogens with one attached hydrogen (secondary N) is 1. The summed E-state index contributed by atoms with van der Waals surface area (Å²) in [4.78, 5) is 0. The summed E-state index contributed by atoms with van der Waals surface area (Å²) in [5.74, 6) is -0.877. The number of methoxy groups -OCH3 is 1. The third-order valence-electron chi connectivity index (χ3n) is 3.14. The van der Waals surface area contributed by atoms with Gasteiger partial charge in [0.15, 0.2) is 0 Å². The van der Waals surface area contributed by atoms with Gasteiger partial charge in [0.25, 0.3) is 0 Å². The van der Waals surface area contributed by atoms with Crippen LogP contribution >= 0.6 is 0 Å². The van der Waals surface area contributed by atoms with Crippen LogP contribution in [0.1, 0.15) is 11.1 Å². The van der Waals surface area contributed by atoms with Gasteiger partial charge in [-0.25, -0.2) is 4.39 Å². The molecule has 1 N–H and O–H groups in total. The molecule has 0 atom stereocenters. The lowest BCUT2D eigenvalue weighted by molar-refractivity contribution is -0.137. The second-order valence-corrected chi connectivity index (χ2v) is 4.51. The number of alkyl halides is 3. The van der Waals surface area contributed by atoms with Gasteiger partial charge in [0.05, 0.1) is 11.2 Å². The number of halogens is 4. The molecule has 1 heterocycles. The number of benzene rings is 1. The summed E-state index contributed by atoms with van der Waals surface area (Å²) in [6.45, 7) is 1.11. The number of hydrogen-bond acceptors (Lipinski definition) is 2. The first-order chi connectivity index (χ1) is 8.35. The maximum atomic E-state index is 13.2. The molecule has 0 bridgehead atoms. The average Bonchev–Trinajstić information content (AvgIpc) is 2.21. The molecule has 0 aromatic heterocycles. The normalized spacial score (nSPS) is 18.5. The zero-order chi connectivity index (χ0) is 13.4. The van der Waals surface area contributed by atoms with Crippen molar-refractivity contribution in [2.24, 2.45) is 0 Å². The van der Waals surface area contributed by atoms with E-state index in [0.717, 1.165) is 12.1 Å². The fourth-order valence-corrected chi connectivity index (χ4v) is 2.03. The molecule has 6 heteroatoms. The van der Waals surface area contributed by atoms with Crippen LogP contribution in [0, 0.1) is 5.82 Å². The van der Waals surface area contributed by atoms with Crippen molar-refractivity contribution in [2.75, 3.05) is 20.2 Å². The first-order valence-corrected chi connectivity index (χ1v) is 5.47. The Kier molecular flexibility index (Phi) is 3.33. The molecule has 100 valence electrons. The maximum Gasteiger partial charge on any atom is 0.416 e. The molecular formula is C12H13F4NO. The first kappa shape index (κ1) is 13.3. The van der Waals surface area contributed by atoms with Gasteiger partial charge >= 0.3 is 6.18 Å². The molecule has 2 rings (SSSR count). The van der Waals surface area contributed by atoms with Crippen molar-refractivity contribution < 1.29 is 22.3 Å². The lowest BCUT2D eigenvalue weighted by atomic mass is 9.88. The lowest BCUT2D eigenvalue weighted by Gasteiger charge is -2.41. The highest BCUT2D eigenvalue weighted by Crippen LogP contribution is 2.32. The highest BCUT2D eigenvalue weighted by molar-refractivity contribution is 5.28. The quantitative estimate of drug-likeness (QED) is 0.845. The van der Waals surface area contributed by atoms with Crippen LogP contribution in [0.2, 0.25) is 0 Å². The molecule has 0 unspecified atom stereocenters. The molecule has 0 radical (unpaired) electrons. The SMILES string of the molecule is COC1(Cc2cc(F)cc(C(F)(F)F)c2)CNC1. The highest BCUT2D eigenvalue weighted by Gasteiger charge is 2.38. The molecular weight excluding hydrogens is 250 g/mol. The van der Waals surface area contributed by atoms with Crippen molar-refractivity contribution >= 4 is 0 Å². The Balaban J connectivity index is 2.26. The minimum atomic E-state index is -4.53. The summed E-state index contributed by atoms with van der Waals surface area (Å²) in [6, 6.07) is 2.60. The number of hydrogen-bond donors (Lipinski definition) is 1. The Hall–Kier alpha value is -1.14. The van der Waals surface area contributed by atoms with E-state index in [1.165, 1.54) is 7.11 Å². The molecule has 1 aliphatic rings. The van der Waals surface area contributed by atoms with Crippen molar-refractivity contribution in [3.05, 3.63) is 35.1 Å². The Morgan fingerprint density at radius 1 is 1.28 bits per heavy atom. The van der Waals surface area contributed by atoms with E-state index in [0.29, 0.717) is 24.7 Å². The van der Waals surface area contributed by atoms with Crippen LogP contribution in [0.5, 0.6) is 0 Å². The minimum Gasteiger partial charge on any atom is -0.375 e. The smallest absolute Gasteiger partial charge is 0.375 e. The third-order valence-corrected chi connectivity index (χ3v) is 3.14. The van der Waals surface area contributed by atoms with Crippen LogP contribution in [0.15, 0.2) is 18.2 Å². The van der Waals surface area contributed by atoms with Gasteiger partial charge in [-0.1, -0.05) is 0 Å². The fraction of sp³-hybridized carbons (Fsp3) is 0.500. The molecule has 0 aliphatic carbocycles. The van der Waals surface area contributed by atoms with E-state index in [1.807, 2.05) is 0 Å². The number of ether oxygens (including phenoxy) is 1.